The van der Waals surface area contributed by atoms with E-state index in [-0.39, 0.29) is 23.5 Å². The molecular weight excluding hydrogens is 397 g/mol. The minimum absolute atomic E-state index is 0.00603. The van der Waals surface area contributed by atoms with Crippen molar-refractivity contribution >= 4 is 16.2 Å². The second-order valence-electron chi connectivity index (χ2n) is 6.41. The molecular formula is C18H29F3N2O4S. The molecule has 0 radical (unpaired) electrons. The molecule has 0 aromatic carbocycles. The summed E-state index contributed by atoms with van der Waals surface area (Å²) in [5, 5.41) is 10.5. The molecule has 0 saturated carbocycles. The summed E-state index contributed by atoms with van der Waals surface area (Å²) in [5.41, 5.74) is -3.95. The third kappa shape index (κ3) is 7.31. The molecule has 0 bridgehead atoms. The van der Waals surface area contributed by atoms with E-state index in [1.807, 2.05) is 6.92 Å². The summed E-state index contributed by atoms with van der Waals surface area (Å²) in [6.07, 6.45) is -2.14. The van der Waals surface area contributed by atoms with Crippen molar-refractivity contribution in [3.8, 4) is 0 Å². The van der Waals surface area contributed by atoms with Gasteiger partial charge in [-0.15, -0.1) is 0 Å². The number of allylic oxidation sites excluding steroid dienone is 2. The lowest BCUT2D eigenvalue weighted by atomic mass is 9.90. The van der Waals surface area contributed by atoms with Crippen LogP contribution in [0.3, 0.4) is 0 Å². The van der Waals surface area contributed by atoms with Gasteiger partial charge in [0.2, 0.25) is 5.60 Å². The number of nitrogens with zero attached hydrogens (tertiary/aromatic N) is 2. The molecule has 1 unspecified atom stereocenters. The first kappa shape index (κ1) is 26.2. The summed E-state index contributed by atoms with van der Waals surface area (Å²) in [7, 11) is -1.27. The number of halogens is 3. The van der Waals surface area contributed by atoms with Crippen molar-refractivity contribution in [2.24, 2.45) is 4.99 Å². The summed E-state index contributed by atoms with van der Waals surface area (Å²) in [5.74, 6) is -1.73. The minimum Gasteiger partial charge on any atom is -0.501 e. The highest BCUT2D eigenvalue weighted by Crippen LogP contribution is 2.40. The first-order valence-electron chi connectivity index (χ1n) is 8.49. The van der Waals surface area contributed by atoms with Gasteiger partial charge in [0, 0.05) is 31.8 Å². The van der Waals surface area contributed by atoms with Gasteiger partial charge in [-0.3, -0.25) is 0 Å². The van der Waals surface area contributed by atoms with E-state index in [0.29, 0.717) is 12.8 Å². The molecule has 162 valence electrons. The second-order valence-corrected chi connectivity index (χ2v) is 8.55. The second kappa shape index (κ2) is 10.1. The van der Waals surface area contributed by atoms with Gasteiger partial charge in [0.25, 0.3) is 0 Å². The van der Waals surface area contributed by atoms with Crippen LogP contribution in [-0.2, 0) is 14.6 Å². The molecule has 0 rings (SSSR count). The zero-order chi connectivity index (χ0) is 22.3. The molecule has 0 aliphatic rings. The number of methoxy groups -OCH3 is 1. The van der Waals surface area contributed by atoms with E-state index in [1.165, 1.54) is 20.2 Å². The van der Waals surface area contributed by atoms with E-state index in [0.717, 1.165) is 13.2 Å². The van der Waals surface area contributed by atoms with Crippen molar-refractivity contribution < 1.29 is 31.4 Å². The number of rotatable bonds is 10. The number of hydrogen-bond donors (Lipinski definition) is 1. The average molecular weight is 427 g/mol. The number of hydrogen-bond acceptors (Lipinski definition) is 5. The predicted molar refractivity (Wildman–Crippen MR) is 105 cm³/mol. The molecule has 0 spiro atoms. The Morgan fingerprint density at radius 1 is 1.32 bits per heavy atom. The Hall–Kier alpha value is -1.81. The molecule has 6 nitrogen and oxygen atoms in total. The van der Waals surface area contributed by atoms with Crippen LogP contribution >= 0.6 is 0 Å². The van der Waals surface area contributed by atoms with Gasteiger partial charge in [0.1, 0.15) is 5.76 Å². The van der Waals surface area contributed by atoms with E-state index < -0.39 is 32.9 Å². The number of alkyl halides is 3. The largest absolute Gasteiger partial charge is 0.501 e. The van der Waals surface area contributed by atoms with Crippen molar-refractivity contribution in [3.05, 3.63) is 35.3 Å². The molecule has 0 aliphatic heterocycles. The van der Waals surface area contributed by atoms with E-state index >= 15 is 0 Å². The van der Waals surface area contributed by atoms with Crippen LogP contribution in [0.5, 0.6) is 0 Å². The zero-order valence-corrected chi connectivity index (χ0v) is 17.9. The molecule has 0 amide bonds. The summed E-state index contributed by atoms with van der Waals surface area (Å²) in [6, 6.07) is 0. The summed E-state index contributed by atoms with van der Waals surface area (Å²) >= 11 is 0. The van der Waals surface area contributed by atoms with Crippen molar-refractivity contribution in [2.75, 3.05) is 32.7 Å². The standard InChI is InChI=1S/C18H29F3N2O4S/c1-8-16(27-6)15(10-13(3)14(4)22-12-23(5)9-2)17(24,18(19,20)21)11-28(7,25)26/h10,12,24H,4,8-9,11H2,1-3,5-7H3/b13-10-,16-15-,22-12?. The fourth-order valence-corrected chi connectivity index (χ4v) is 3.30. The van der Waals surface area contributed by atoms with Gasteiger partial charge in [0.15, 0.2) is 9.84 Å². The molecule has 0 saturated heterocycles. The summed E-state index contributed by atoms with van der Waals surface area (Å²) < 4.78 is 69.6. The van der Waals surface area contributed by atoms with Crippen LogP contribution in [0.1, 0.15) is 27.2 Å². The Morgan fingerprint density at radius 3 is 2.21 bits per heavy atom. The van der Waals surface area contributed by atoms with Crippen LogP contribution in [0, 0.1) is 0 Å². The minimum atomic E-state index is -5.26. The first-order valence-corrected chi connectivity index (χ1v) is 10.5. The van der Waals surface area contributed by atoms with Crippen LogP contribution in [0.2, 0.25) is 0 Å². The van der Waals surface area contributed by atoms with Gasteiger partial charge < -0.3 is 14.7 Å². The third-order valence-electron chi connectivity index (χ3n) is 3.98. The number of ether oxygens (including phenoxy) is 1. The Bertz CT molecular complexity index is 749. The lowest BCUT2D eigenvalue weighted by molar-refractivity contribution is -0.235. The predicted octanol–water partition coefficient (Wildman–Crippen LogP) is 3.07. The van der Waals surface area contributed by atoms with Crippen molar-refractivity contribution in [1.82, 2.24) is 4.90 Å². The van der Waals surface area contributed by atoms with E-state index in [4.69, 9.17) is 4.74 Å². The SMILES string of the molecule is C=C(N=CN(C)CC)/C(C)=C\C(=C(/CC)OC)C(O)(CS(C)(=O)=O)C(F)(F)F. The van der Waals surface area contributed by atoms with Crippen molar-refractivity contribution in [3.63, 3.8) is 0 Å². The van der Waals surface area contributed by atoms with Crippen molar-refractivity contribution in [2.45, 2.75) is 39.0 Å². The number of aliphatic imine (C=N–C) groups is 1. The van der Waals surface area contributed by atoms with Crippen LogP contribution in [0.15, 0.2) is 40.2 Å². The van der Waals surface area contributed by atoms with Crippen LogP contribution in [-0.4, -0.2) is 69.3 Å². The summed E-state index contributed by atoms with van der Waals surface area (Å²) in [6.45, 7) is 9.25. The van der Waals surface area contributed by atoms with Gasteiger partial charge in [-0.2, -0.15) is 13.2 Å². The quantitative estimate of drug-likeness (QED) is 0.251. The normalized spacial score (nSPS) is 16.6. The molecule has 1 atom stereocenters. The number of aliphatic hydroxyl groups is 1. The number of sulfone groups is 1. The van der Waals surface area contributed by atoms with E-state index in [2.05, 4.69) is 11.6 Å². The fraction of sp³-hybridized carbons (Fsp3) is 0.611. The lowest BCUT2D eigenvalue weighted by Crippen LogP contribution is -2.52. The molecule has 0 heterocycles. The maximum Gasteiger partial charge on any atom is 0.422 e. The molecule has 0 aliphatic carbocycles. The molecule has 10 heteroatoms. The smallest absolute Gasteiger partial charge is 0.422 e. The Labute approximate surface area is 165 Å². The molecule has 0 aromatic rings. The van der Waals surface area contributed by atoms with Gasteiger partial charge in [0.05, 0.1) is 24.9 Å². The van der Waals surface area contributed by atoms with Crippen LogP contribution in [0.25, 0.3) is 0 Å². The molecule has 0 aromatic heterocycles. The maximum absolute atomic E-state index is 13.8. The molecule has 0 fully saturated rings. The molecule has 1 N–H and O–H groups in total. The first-order chi connectivity index (χ1) is 12.6. The van der Waals surface area contributed by atoms with Gasteiger partial charge in [-0.25, -0.2) is 13.4 Å². The highest BCUT2D eigenvalue weighted by Gasteiger charge is 2.58. The Balaban J connectivity index is 6.54. The van der Waals surface area contributed by atoms with Crippen molar-refractivity contribution in [1.29, 1.82) is 0 Å². The highest BCUT2D eigenvalue weighted by atomic mass is 32.2. The zero-order valence-electron chi connectivity index (χ0n) is 17.1. The van der Waals surface area contributed by atoms with Gasteiger partial charge in [-0.1, -0.05) is 13.5 Å². The topological polar surface area (TPSA) is 79.2 Å². The van der Waals surface area contributed by atoms with Crippen LogP contribution in [0.4, 0.5) is 13.2 Å². The maximum atomic E-state index is 13.8. The lowest BCUT2D eigenvalue weighted by Gasteiger charge is -2.32. The van der Waals surface area contributed by atoms with Gasteiger partial charge >= 0.3 is 6.18 Å². The molecule has 28 heavy (non-hydrogen) atoms. The van der Waals surface area contributed by atoms with Gasteiger partial charge in [-0.05, 0) is 25.5 Å². The third-order valence-corrected chi connectivity index (χ3v) is 4.92. The fourth-order valence-electron chi connectivity index (χ4n) is 2.22. The van der Waals surface area contributed by atoms with E-state index in [1.54, 1.807) is 11.9 Å². The van der Waals surface area contributed by atoms with E-state index in [9.17, 15) is 26.7 Å². The van der Waals surface area contributed by atoms with Crippen LogP contribution < -0.4 is 0 Å². The summed E-state index contributed by atoms with van der Waals surface area (Å²) in [4.78, 5) is 5.81. The highest BCUT2D eigenvalue weighted by molar-refractivity contribution is 7.90. The Kier molecular flexibility index (Phi) is 9.45. The monoisotopic (exact) mass is 426 g/mol. The average Bonchev–Trinajstić information content (AvgIpc) is 2.56. The Morgan fingerprint density at radius 2 is 1.86 bits per heavy atom.